The maximum absolute atomic E-state index is 11.7. The molecule has 24 heavy (non-hydrogen) atoms. The Balaban J connectivity index is 1.47. The van der Waals surface area contributed by atoms with E-state index in [1.807, 2.05) is 42.1 Å². The van der Waals surface area contributed by atoms with Gasteiger partial charge in [-0.3, -0.25) is 4.79 Å². The van der Waals surface area contributed by atoms with Crippen molar-refractivity contribution < 1.29 is 9.53 Å². The molecule has 2 aromatic carbocycles. The van der Waals surface area contributed by atoms with Gasteiger partial charge < -0.3 is 4.74 Å². The van der Waals surface area contributed by atoms with Gasteiger partial charge >= 0.3 is 5.97 Å². The Labute approximate surface area is 149 Å². The molecular formula is C21H26O2S. The molecule has 0 aromatic heterocycles. The van der Waals surface area contributed by atoms with Gasteiger partial charge in [-0.2, -0.15) is 0 Å². The highest BCUT2D eigenvalue weighted by Gasteiger charge is 2.03. The molecule has 128 valence electrons. The van der Waals surface area contributed by atoms with Crippen molar-refractivity contribution >= 4 is 17.7 Å². The molecule has 0 aliphatic carbocycles. The number of esters is 1. The first-order valence-electron chi connectivity index (χ1n) is 8.63. The molecule has 0 N–H and O–H groups in total. The van der Waals surface area contributed by atoms with Crippen molar-refractivity contribution in [2.24, 2.45) is 0 Å². The molecule has 0 aliphatic heterocycles. The molecule has 0 bridgehead atoms. The van der Waals surface area contributed by atoms with Crippen LogP contribution in [0.1, 0.15) is 43.2 Å². The highest BCUT2D eigenvalue weighted by Crippen LogP contribution is 2.23. The summed E-state index contributed by atoms with van der Waals surface area (Å²) >= 11 is 1.93. The quantitative estimate of drug-likeness (QED) is 0.311. The van der Waals surface area contributed by atoms with Gasteiger partial charge in [0.25, 0.3) is 0 Å². The number of hydrogen-bond acceptors (Lipinski definition) is 3. The van der Waals surface area contributed by atoms with Gasteiger partial charge in [-0.15, -0.1) is 11.8 Å². The minimum atomic E-state index is -0.0897. The Kier molecular flexibility index (Phi) is 8.47. The van der Waals surface area contributed by atoms with E-state index in [2.05, 4.69) is 31.2 Å². The molecule has 2 rings (SSSR count). The van der Waals surface area contributed by atoms with E-state index in [1.165, 1.54) is 23.3 Å². The summed E-state index contributed by atoms with van der Waals surface area (Å²) in [6.45, 7) is 2.54. The fourth-order valence-electron chi connectivity index (χ4n) is 2.44. The molecule has 0 atom stereocenters. The fourth-order valence-corrected chi connectivity index (χ4v) is 3.47. The molecule has 2 aromatic rings. The lowest BCUT2D eigenvalue weighted by atomic mass is 10.1. The highest BCUT2D eigenvalue weighted by atomic mass is 32.2. The number of unbranched alkanes of at least 4 members (excludes halogenated alkanes) is 3. The van der Waals surface area contributed by atoms with Gasteiger partial charge in [-0.05, 0) is 42.7 Å². The Bertz CT molecular complexity index is 610. The van der Waals surface area contributed by atoms with Crippen LogP contribution in [-0.4, -0.2) is 11.7 Å². The molecular weight excluding hydrogens is 316 g/mol. The third-order valence-corrected chi connectivity index (χ3v) is 5.13. The maximum atomic E-state index is 11.7. The van der Waals surface area contributed by atoms with Crippen molar-refractivity contribution in [1.82, 2.24) is 0 Å². The van der Waals surface area contributed by atoms with Crippen LogP contribution in [0.3, 0.4) is 0 Å². The summed E-state index contributed by atoms with van der Waals surface area (Å²) in [7, 11) is 0. The molecule has 3 heteroatoms. The normalized spacial score (nSPS) is 10.5. The predicted octanol–water partition coefficient (Wildman–Crippen LogP) is 5.78. The summed E-state index contributed by atoms with van der Waals surface area (Å²) < 4.78 is 5.28. The van der Waals surface area contributed by atoms with Crippen molar-refractivity contribution in [3.8, 4) is 0 Å². The van der Waals surface area contributed by atoms with E-state index in [0.717, 1.165) is 24.2 Å². The zero-order valence-corrected chi connectivity index (χ0v) is 15.2. The molecule has 0 saturated heterocycles. The highest BCUT2D eigenvalue weighted by molar-refractivity contribution is 7.99. The van der Waals surface area contributed by atoms with E-state index in [4.69, 9.17) is 4.74 Å². The first-order valence-corrected chi connectivity index (χ1v) is 9.62. The largest absolute Gasteiger partial charge is 0.461 e. The zero-order valence-electron chi connectivity index (χ0n) is 14.4. The van der Waals surface area contributed by atoms with E-state index in [9.17, 15) is 4.79 Å². The lowest BCUT2D eigenvalue weighted by molar-refractivity contribution is -0.145. The van der Waals surface area contributed by atoms with E-state index in [1.54, 1.807) is 0 Å². The van der Waals surface area contributed by atoms with Gasteiger partial charge in [0.2, 0.25) is 0 Å². The first kappa shape index (κ1) is 18.6. The van der Waals surface area contributed by atoms with Crippen molar-refractivity contribution in [1.29, 1.82) is 0 Å². The standard InChI is InChI=1S/C21H26O2S/c1-18-11-8-9-14-20(18)24-16-10-3-2-7-15-21(22)23-17-19-12-5-4-6-13-19/h4-6,8-9,11-14H,2-3,7,10,15-17H2,1H3. The number of carbonyl (C=O) groups excluding carboxylic acids is 1. The third kappa shape index (κ3) is 7.22. The van der Waals surface area contributed by atoms with Crippen molar-refractivity contribution in [3.63, 3.8) is 0 Å². The second-order valence-electron chi connectivity index (χ2n) is 5.92. The monoisotopic (exact) mass is 342 g/mol. The van der Waals surface area contributed by atoms with Crippen LogP contribution in [0.4, 0.5) is 0 Å². The molecule has 0 amide bonds. The molecule has 0 spiro atoms. The Morgan fingerprint density at radius 2 is 1.62 bits per heavy atom. The average molecular weight is 343 g/mol. The van der Waals surface area contributed by atoms with Crippen LogP contribution in [0.2, 0.25) is 0 Å². The van der Waals surface area contributed by atoms with E-state index in [0.29, 0.717) is 13.0 Å². The molecule has 0 aliphatic rings. The molecule has 0 fully saturated rings. The van der Waals surface area contributed by atoms with E-state index in [-0.39, 0.29) is 5.97 Å². The maximum Gasteiger partial charge on any atom is 0.306 e. The molecule has 0 unspecified atom stereocenters. The molecule has 2 nitrogen and oxygen atoms in total. The predicted molar refractivity (Wildman–Crippen MR) is 101 cm³/mol. The first-order chi connectivity index (χ1) is 11.8. The zero-order chi connectivity index (χ0) is 17.0. The van der Waals surface area contributed by atoms with Crippen LogP contribution < -0.4 is 0 Å². The summed E-state index contributed by atoms with van der Waals surface area (Å²) in [6.07, 6.45) is 4.90. The van der Waals surface area contributed by atoms with Crippen molar-refractivity contribution in [2.45, 2.75) is 50.5 Å². The van der Waals surface area contributed by atoms with Gasteiger partial charge in [0.1, 0.15) is 6.61 Å². The van der Waals surface area contributed by atoms with Gasteiger partial charge in [0, 0.05) is 11.3 Å². The number of hydrogen-bond donors (Lipinski definition) is 0. The van der Waals surface area contributed by atoms with Crippen LogP contribution in [0.25, 0.3) is 0 Å². The summed E-state index contributed by atoms with van der Waals surface area (Å²) in [6, 6.07) is 18.3. The minimum Gasteiger partial charge on any atom is -0.461 e. The summed E-state index contributed by atoms with van der Waals surface area (Å²) in [4.78, 5) is 13.1. The summed E-state index contributed by atoms with van der Waals surface area (Å²) in [5.41, 5.74) is 2.39. The number of rotatable bonds is 10. The smallest absolute Gasteiger partial charge is 0.306 e. The van der Waals surface area contributed by atoms with E-state index < -0.39 is 0 Å². The lowest BCUT2D eigenvalue weighted by Crippen LogP contribution is -2.04. The topological polar surface area (TPSA) is 26.3 Å². The molecule has 0 saturated carbocycles. The SMILES string of the molecule is Cc1ccccc1SCCCCCCC(=O)OCc1ccccc1. The minimum absolute atomic E-state index is 0.0897. The van der Waals surface area contributed by atoms with Crippen LogP contribution >= 0.6 is 11.8 Å². The van der Waals surface area contributed by atoms with Crippen molar-refractivity contribution in [2.75, 3.05) is 5.75 Å². The van der Waals surface area contributed by atoms with Crippen LogP contribution in [-0.2, 0) is 16.1 Å². The number of benzene rings is 2. The average Bonchev–Trinajstić information content (AvgIpc) is 2.61. The van der Waals surface area contributed by atoms with Gasteiger partial charge in [-0.25, -0.2) is 0 Å². The van der Waals surface area contributed by atoms with Crippen molar-refractivity contribution in [3.05, 3.63) is 65.7 Å². The van der Waals surface area contributed by atoms with Crippen LogP contribution in [0.15, 0.2) is 59.5 Å². The van der Waals surface area contributed by atoms with E-state index >= 15 is 0 Å². The van der Waals surface area contributed by atoms with Crippen LogP contribution in [0, 0.1) is 6.92 Å². The van der Waals surface area contributed by atoms with Gasteiger partial charge in [-0.1, -0.05) is 61.4 Å². The van der Waals surface area contributed by atoms with Gasteiger partial charge in [0.05, 0.1) is 0 Å². The van der Waals surface area contributed by atoms with Gasteiger partial charge in [0.15, 0.2) is 0 Å². The third-order valence-electron chi connectivity index (χ3n) is 3.87. The summed E-state index contributed by atoms with van der Waals surface area (Å²) in [5.74, 6) is 1.05. The molecule has 0 heterocycles. The molecule has 0 radical (unpaired) electrons. The second kappa shape index (κ2) is 10.9. The second-order valence-corrected chi connectivity index (χ2v) is 7.06. The number of ether oxygens (including phenoxy) is 1. The fraction of sp³-hybridized carbons (Fsp3) is 0.381. The number of aryl methyl sites for hydroxylation is 1. The Hall–Kier alpha value is -1.74. The van der Waals surface area contributed by atoms with Crippen LogP contribution in [0.5, 0.6) is 0 Å². The Morgan fingerprint density at radius 3 is 2.42 bits per heavy atom. The lowest BCUT2D eigenvalue weighted by Gasteiger charge is -2.06. The Morgan fingerprint density at radius 1 is 0.917 bits per heavy atom. The summed E-state index contributed by atoms with van der Waals surface area (Å²) in [5, 5.41) is 0. The number of carbonyl (C=O) groups is 1. The number of thioether (sulfide) groups is 1.